The van der Waals surface area contributed by atoms with Crippen LogP contribution in [0, 0.1) is 6.92 Å². The third-order valence-electron chi connectivity index (χ3n) is 4.96. The van der Waals surface area contributed by atoms with E-state index >= 15 is 0 Å². The molecular weight excluding hydrogens is 386 g/mol. The minimum absolute atomic E-state index is 0.0510. The van der Waals surface area contributed by atoms with Crippen molar-refractivity contribution in [2.24, 2.45) is 0 Å². The molecule has 1 N–H and O–H groups in total. The Morgan fingerprint density at radius 2 is 1.93 bits per heavy atom. The Bertz CT molecular complexity index is 951. The minimum atomic E-state index is -2.88. The topological polar surface area (TPSA) is 62.9 Å². The highest BCUT2D eigenvalue weighted by molar-refractivity contribution is 7.17. The third kappa shape index (κ3) is 3.81. The molecule has 1 fully saturated rings. The zero-order chi connectivity index (χ0) is 19.7. The SMILES string of the molecule is Cc1nc2sc([C@@H](c3cccc(OC(F)F)c3)N3CCCCCC3)c(O)n2n1. The number of rotatable bonds is 5. The molecule has 2 aromatic heterocycles. The summed E-state index contributed by atoms with van der Waals surface area (Å²) in [5, 5.41) is 15.1. The Morgan fingerprint density at radius 1 is 1.18 bits per heavy atom. The maximum absolute atomic E-state index is 12.7. The molecule has 1 saturated heterocycles. The average molecular weight is 408 g/mol. The molecule has 0 spiro atoms. The molecule has 1 aliphatic rings. The summed E-state index contributed by atoms with van der Waals surface area (Å²) in [6, 6.07) is 6.46. The zero-order valence-corrected chi connectivity index (χ0v) is 16.3. The highest BCUT2D eigenvalue weighted by Gasteiger charge is 2.30. The fraction of sp³-hybridized carbons (Fsp3) is 0.474. The second-order valence-corrected chi connectivity index (χ2v) is 7.96. The third-order valence-corrected chi connectivity index (χ3v) is 6.03. The van der Waals surface area contributed by atoms with Crippen LogP contribution in [0.25, 0.3) is 4.96 Å². The van der Waals surface area contributed by atoms with Gasteiger partial charge in [0.1, 0.15) is 11.6 Å². The van der Waals surface area contributed by atoms with Crippen LogP contribution in [0.5, 0.6) is 11.6 Å². The number of hydrogen-bond donors (Lipinski definition) is 1. The van der Waals surface area contributed by atoms with E-state index in [1.54, 1.807) is 19.1 Å². The Labute approximate surface area is 165 Å². The molecule has 0 radical (unpaired) electrons. The van der Waals surface area contributed by atoms with Crippen molar-refractivity contribution in [3.8, 4) is 11.6 Å². The van der Waals surface area contributed by atoms with Crippen molar-refractivity contribution in [1.82, 2.24) is 19.5 Å². The van der Waals surface area contributed by atoms with Gasteiger partial charge in [0.2, 0.25) is 10.8 Å². The van der Waals surface area contributed by atoms with E-state index < -0.39 is 6.61 Å². The van der Waals surface area contributed by atoms with Gasteiger partial charge in [-0.1, -0.05) is 36.3 Å². The Morgan fingerprint density at radius 3 is 2.61 bits per heavy atom. The summed E-state index contributed by atoms with van der Waals surface area (Å²) in [6.07, 6.45) is 4.45. The molecule has 6 nitrogen and oxygen atoms in total. The number of aromatic nitrogens is 3. The maximum atomic E-state index is 12.7. The van der Waals surface area contributed by atoms with Crippen molar-refractivity contribution in [2.75, 3.05) is 13.1 Å². The first-order chi connectivity index (χ1) is 13.5. The Balaban J connectivity index is 1.79. The summed E-state index contributed by atoms with van der Waals surface area (Å²) in [6.45, 7) is 0.640. The van der Waals surface area contributed by atoms with E-state index in [-0.39, 0.29) is 17.7 Å². The highest BCUT2D eigenvalue weighted by Crippen LogP contribution is 2.41. The lowest BCUT2D eigenvalue weighted by Crippen LogP contribution is -2.30. The summed E-state index contributed by atoms with van der Waals surface area (Å²) in [5.74, 6) is 0.754. The van der Waals surface area contributed by atoms with Crippen molar-refractivity contribution in [1.29, 1.82) is 0 Å². The van der Waals surface area contributed by atoms with E-state index in [0.717, 1.165) is 44.3 Å². The zero-order valence-electron chi connectivity index (χ0n) is 15.5. The Hall–Kier alpha value is -2.26. The summed E-state index contributed by atoms with van der Waals surface area (Å²) < 4.78 is 31.4. The smallest absolute Gasteiger partial charge is 0.387 e. The molecule has 28 heavy (non-hydrogen) atoms. The van der Waals surface area contributed by atoms with E-state index in [1.807, 2.05) is 6.07 Å². The average Bonchev–Trinajstić information content (AvgIpc) is 3.01. The number of ether oxygens (including phenoxy) is 1. The van der Waals surface area contributed by atoms with Gasteiger partial charge in [-0.05, 0) is 50.6 Å². The number of likely N-dealkylation sites (tertiary alicyclic amines) is 1. The van der Waals surface area contributed by atoms with Crippen molar-refractivity contribution >= 4 is 16.3 Å². The van der Waals surface area contributed by atoms with Gasteiger partial charge in [0.25, 0.3) is 0 Å². The van der Waals surface area contributed by atoms with Gasteiger partial charge in [-0.25, -0.2) is 4.98 Å². The predicted molar refractivity (Wildman–Crippen MR) is 102 cm³/mol. The molecule has 0 aliphatic carbocycles. The van der Waals surface area contributed by atoms with Gasteiger partial charge in [-0.2, -0.15) is 13.3 Å². The van der Waals surface area contributed by atoms with E-state index in [4.69, 9.17) is 0 Å². The van der Waals surface area contributed by atoms with Crippen LogP contribution >= 0.6 is 11.3 Å². The van der Waals surface area contributed by atoms with Crippen LogP contribution in [0.4, 0.5) is 8.78 Å². The molecule has 3 heterocycles. The van der Waals surface area contributed by atoms with Crippen LogP contribution in [0.15, 0.2) is 24.3 Å². The second kappa shape index (κ2) is 8.00. The van der Waals surface area contributed by atoms with Gasteiger partial charge in [-0.3, -0.25) is 4.90 Å². The number of nitrogens with zero attached hydrogens (tertiary/aromatic N) is 4. The number of hydrogen-bond acceptors (Lipinski definition) is 6. The van der Waals surface area contributed by atoms with Crippen LogP contribution < -0.4 is 4.74 Å². The molecule has 4 rings (SSSR count). The highest BCUT2D eigenvalue weighted by atomic mass is 32.1. The first-order valence-corrected chi connectivity index (χ1v) is 10.2. The monoisotopic (exact) mass is 408 g/mol. The maximum Gasteiger partial charge on any atom is 0.387 e. The van der Waals surface area contributed by atoms with Crippen LogP contribution in [0.2, 0.25) is 0 Å². The molecule has 0 saturated carbocycles. The lowest BCUT2D eigenvalue weighted by atomic mass is 10.0. The minimum Gasteiger partial charge on any atom is -0.492 e. The normalized spacial score (nSPS) is 17.1. The van der Waals surface area contributed by atoms with Crippen LogP contribution in [0.3, 0.4) is 0 Å². The van der Waals surface area contributed by atoms with E-state index in [0.29, 0.717) is 15.7 Å². The number of aryl methyl sites for hydroxylation is 1. The molecule has 9 heteroatoms. The van der Waals surface area contributed by atoms with Gasteiger partial charge in [0.05, 0.1) is 10.9 Å². The fourth-order valence-electron chi connectivity index (χ4n) is 3.77. The molecule has 0 amide bonds. The molecule has 0 bridgehead atoms. The number of aromatic hydroxyl groups is 1. The van der Waals surface area contributed by atoms with Crippen LogP contribution in [-0.4, -0.2) is 44.3 Å². The molecular formula is C19H22F2N4O2S. The van der Waals surface area contributed by atoms with E-state index in [2.05, 4.69) is 19.7 Å². The number of alkyl halides is 2. The predicted octanol–water partition coefficient (Wildman–Crippen LogP) is 4.37. The molecule has 3 aromatic rings. The first kappa shape index (κ1) is 19.1. The fourth-order valence-corrected chi connectivity index (χ4v) is 4.93. The number of fused-ring (bicyclic) bond motifs is 1. The lowest BCUT2D eigenvalue weighted by molar-refractivity contribution is -0.0499. The quantitative estimate of drug-likeness (QED) is 0.679. The van der Waals surface area contributed by atoms with Gasteiger partial charge in [0.15, 0.2) is 0 Å². The van der Waals surface area contributed by atoms with Crippen LogP contribution in [-0.2, 0) is 0 Å². The number of benzene rings is 1. The van der Waals surface area contributed by atoms with Gasteiger partial charge >= 0.3 is 6.61 Å². The summed E-state index contributed by atoms with van der Waals surface area (Å²) in [4.78, 5) is 7.99. The molecule has 1 aromatic carbocycles. The first-order valence-electron chi connectivity index (χ1n) is 9.37. The lowest BCUT2D eigenvalue weighted by Gasteiger charge is -2.30. The Kier molecular flexibility index (Phi) is 5.45. The van der Waals surface area contributed by atoms with Crippen LogP contribution in [0.1, 0.15) is 48.0 Å². The summed E-state index contributed by atoms with van der Waals surface area (Å²) in [5.41, 5.74) is 0.802. The van der Waals surface area contributed by atoms with E-state index in [9.17, 15) is 13.9 Å². The largest absolute Gasteiger partial charge is 0.492 e. The van der Waals surface area contributed by atoms with Gasteiger partial charge < -0.3 is 9.84 Å². The van der Waals surface area contributed by atoms with Crippen molar-refractivity contribution in [3.05, 3.63) is 40.5 Å². The van der Waals surface area contributed by atoms with Crippen molar-refractivity contribution in [2.45, 2.75) is 45.3 Å². The molecule has 0 unspecified atom stereocenters. The molecule has 1 aliphatic heterocycles. The number of thiazole rings is 1. The standard InChI is InChI=1S/C19H22F2N4O2S/c1-12-22-19-25(23-12)17(26)16(28-19)15(24-9-4-2-3-5-10-24)13-7-6-8-14(11-13)27-18(20)21/h6-8,11,15,18,26H,2-5,9-10H2,1H3/t15-/m1/s1. The second-order valence-electron chi connectivity index (χ2n) is 6.95. The van der Waals surface area contributed by atoms with Crippen molar-refractivity contribution < 1.29 is 18.6 Å². The summed E-state index contributed by atoms with van der Waals surface area (Å²) >= 11 is 1.38. The molecule has 1 atom stereocenters. The number of halogens is 2. The van der Waals surface area contributed by atoms with Gasteiger partial charge in [-0.15, -0.1) is 5.10 Å². The summed E-state index contributed by atoms with van der Waals surface area (Å²) in [7, 11) is 0. The molecule has 150 valence electrons. The van der Waals surface area contributed by atoms with Gasteiger partial charge in [0, 0.05) is 0 Å². The van der Waals surface area contributed by atoms with E-state index in [1.165, 1.54) is 21.9 Å². The van der Waals surface area contributed by atoms with Crippen molar-refractivity contribution in [3.63, 3.8) is 0 Å².